The summed E-state index contributed by atoms with van der Waals surface area (Å²) in [6.07, 6.45) is 5.31. The molecule has 0 atom stereocenters. The van der Waals surface area contributed by atoms with Crippen LogP contribution in [0, 0.1) is 6.92 Å². The number of rotatable bonds is 6. The number of ether oxygens (including phenoxy) is 1. The summed E-state index contributed by atoms with van der Waals surface area (Å²) in [5.41, 5.74) is 9.02. The van der Waals surface area contributed by atoms with Crippen molar-refractivity contribution in [3.63, 3.8) is 0 Å². The molecule has 3 aromatic rings. The number of carbonyl (C=O) groups is 1. The molecule has 2 aliphatic rings. The van der Waals surface area contributed by atoms with Crippen LogP contribution in [0.1, 0.15) is 17.0 Å². The summed E-state index contributed by atoms with van der Waals surface area (Å²) in [6, 6.07) is 14.9. The van der Waals surface area contributed by atoms with Crippen LogP contribution in [0.2, 0.25) is 0 Å². The summed E-state index contributed by atoms with van der Waals surface area (Å²) in [4.78, 5) is 30.0. The smallest absolute Gasteiger partial charge is 0.248 e. The number of aromatic nitrogens is 2. The lowest BCUT2D eigenvalue weighted by Gasteiger charge is -2.36. The number of amides is 1. The van der Waals surface area contributed by atoms with Gasteiger partial charge in [-0.15, -0.1) is 0 Å². The second kappa shape index (κ2) is 9.73. The Bertz CT molecular complexity index is 1230. The molecule has 0 spiro atoms. The highest BCUT2D eigenvalue weighted by Crippen LogP contribution is 2.32. The van der Waals surface area contributed by atoms with Crippen molar-refractivity contribution in [2.45, 2.75) is 19.8 Å². The average molecular weight is 456 g/mol. The molecule has 5 rings (SSSR count). The predicted octanol–water partition coefficient (Wildman–Crippen LogP) is 3.62. The van der Waals surface area contributed by atoms with Crippen LogP contribution >= 0.6 is 0 Å². The van der Waals surface area contributed by atoms with Crippen LogP contribution in [0.25, 0.3) is 11.1 Å². The van der Waals surface area contributed by atoms with Gasteiger partial charge in [0, 0.05) is 81.3 Å². The fourth-order valence-corrected chi connectivity index (χ4v) is 4.67. The van der Waals surface area contributed by atoms with Crippen molar-refractivity contribution in [2.75, 3.05) is 44.8 Å². The Hall–Kier alpha value is -3.58. The molecule has 7 nitrogen and oxygen atoms in total. The second-order valence-corrected chi connectivity index (χ2v) is 8.87. The third kappa shape index (κ3) is 4.84. The lowest BCUT2D eigenvalue weighted by Crippen LogP contribution is -2.49. The number of aryl methyl sites for hydroxylation is 1. The quantitative estimate of drug-likeness (QED) is 0.568. The first-order chi connectivity index (χ1) is 16.6. The summed E-state index contributed by atoms with van der Waals surface area (Å²) >= 11 is 0. The third-order valence-electron chi connectivity index (χ3n) is 6.43. The molecule has 0 radical (unpaired) electrons. The van der Waals surface area contributed by atoms with Crippen molar-refractivity contribution in [1.82, 2.24) is 14.9 Å². The van der Waals surface area contributed by atoms with Gasteiger partial charge in [-0.3, -0.25) is 19.8 Å². The molecule has 0 aliphatic carbocycles. The van der Waals surface area contributed by atoms with Gasteiger partial charge in [0.2, 0.25) is 5.91 Å². The van der Waals surface area contributed by atoms with E-state index in [1.54, 1.807) is 7.11 Å². The fraction of sp³-hybridized carbons (Fsp3) is 0.333. The molecule has 34 heavy (non-hydrogen) atoms. The molecule has 1 amide bonds. The monoisotopic (exact) mass is 455 g/mol. The lowest BCUT2D eigenvalue weighted by atomic mass is 10.00. The molecule has 0 N–H and O–H groups in total. The molecule has 7 heteroatoms. The van der Waals surface area contributed by atoms with Crippen molar-refractivity contribution in [3.05, 3.63) is 71.8 Å². The summed E-state index contributed by atoms with van der Waals surface area (Å²) in [7, 11) is 1.56. The van der Waals surface area contributed by atoms with Crippen LogP contribution in [-0.4, -0.2) is 66.4 Å². The van der Waals surface area contributed by atoms with Gasteiger partial charge in [-0.1, -0.05) is 6.07 Å². The second-order valence-electron chi connectivity index (χ2n) is 8.87. The van der Waals surface area contributed by atoms with E-state index in [2.05, 4.69) is 45.2 Å². The van der Waals surface area contributed by atoms with Gasteiger partial charge in [-0.05, 0) is 60.0 Å². The molecular weight excluding hydrogens is 426 g/mol. The Morgan fingerprint density at radius 2 is 1.76 bits per heavy atom. The zero-order valence-electron chi connectivity index (χ0n) is 19.7. The number of benzene rings is 1. The van der Waals surface area contributed by atoms with Crippen LogP contribution in [0.5, 0.6) is 0 Å². The maximum Gasteiger partial charge on any atom is 0.248 e. The Morgan fingerprint density at radius 1 is 0.971 bits per heavy atom. The molecule has 2 aromatic heterocycles. The first kappa shape index (κ1) is 22.2. The van der Waals surface area contributed by atoms with Crippen LogP contribution in [0.3, 0.4) is 0 Å². The van der Waals surface area contributed by atoms with Crippen molar-refractivity contribution in [2.24, 2.45) is 4.99 Å². The van der Waals surface area contributed by atoms with E-state index in [4.69, 9.17) is 9.73 Å². The van der Waals surface area contributed by atoms with Gasteiger partial charge in [0.1, 0.15) is 6.61 Å². The van der Waals surface area contributed by atoms with Crippen LogP contribution < -0.4 is 4.90 Å². The van der Waals surface area contributed by atoms with Gasteiger partial charge >= 0.3 is 0 Å². The Labute approximate surface area is 200 Å². The van der Waals surface area contributed by atoms with Crippen molar-refractivity contribution < 1.29 is 9.53 Å². The number of hydrogen-bond acceptors (Lipinski definition) is 6. The molecule has 0 unspecified atom stereocenters. The number of carbonyl (C=O) groups excluding carboxylic acids is 1. The van der Waals surface area contributed by atoms with E-state index in [0.717, 1.165) is 54.4 Å². The largest absolute Gasteiger partial charge is 0.375 e. The third-order valence-corrected chi connectivity index (χ3v) is 6.43. The Kier molecular flexibility index (Phi) is 6.36. The zero-order valence-corrected chi connectivity index (χ0v) is 19.7. The van der Waals surface area contributed by atoms with Gasteiger partial charge in [0.05, 0.1) is 5.69 Å². The Morgan fingerprint density at radius 3 is 2.56 bits per heavy atom. The van der Waals surface area contributed by atoms with Crippen molar-refractivity contribution in [1.29, 1.82) is 0 Å². The Balaban J connectivity index is 1.23. The molecule has 1 saturated heterocycles. The number of anilines is 1. The van der Waals surface area contributed by atoms with E-state index in [-0.39, 0.29) is 12.5 Å². The molecule has 1 aromatic carbocycles. The standard InChI is InChI=1S/C27H29N5O2/c1-19-13-21(5-7-28-19)20-3-4-26-22(14-20)15-24(30-26)16-23-17-25(6-8-29-23)31-9-11-32(12-10-31)27(33)18-34-2/h3-8,13-14,17H,9-12,15-16,18H2,1-2H3. The average Bonchev–Trinajstić information content (AvgIpc) is 3.26. The number of fused-ring (bicyclic) bond motifs is 1. The highest BCUT2D eigenvalue weighted by molar-refractivity contribution is 5.95. The molecule has 2 aliphatic heterocycles. The van der Waals surface area contributed by atoms with E-state index in [1.165, 1.54) is 16.7 Å². The zero-order chi connectivity index (χ0) is 23.5. The van der Waals surface area contributed by atoms with Gasteiger partial charge in [-0.2, -0.15) is 0 Å². The number of nitrogens with zero attached hydrogens (tertiary/aromatic N) is 5. The molecule has 0 saturated carbocycles. The molecule has 174 valence electrons. The highest BCUT2D eigenvalue weighted by Gasteiger charge is 2.22. The first-order valence-electron chi connectivity index (χ1n) is 11.7. The number of methoxy groups -OCH3 is 1. The maximum atomic E-state index is 12.1. The van der Waals surface area contributed by atoms with Gasteiger partial charge in [0.25, 0.3) is 0 Å². The van der Waals surface area contributed by atoms with Crippen molar-refractivity contribution >= 4 is 23.0 Å². The molecule has 0 bridgehead atoms. The van der Waals surface area contributed by atoms with Crippen LogP contribution in [0.15, 0.2) is 59.9 Å². The van der Waals surface area contributed by atoms with Crippen LogP contribution in [-0.2, 0) is 22.4 Å². The highest BCUT2D eigenvalue weighted by atomic mass is 16.5. The molecular formula is C27H29N5O2. The summed E-state index contributed by atoms with van der Waals surface area (Å²) in [6.45, 7) is 5.20. The number of pyridine rings is 2. The first-order valence-corrected chi connectivity index (χ1v) is 11.7. The number of aliphatic imine (C=N–C) groups is 1. The lowest BCUT2D eigenvalue weighted by molar-refractivity contribution is -0.135. The predicted molar refractivity (Wildman–Crippen MR) is 134 cm³/mol. The summed E-state index contributed by atoms with van der Waals surface area (Å²) in [5.74, 6) is 0.0543. The SMILES string of the molecule is COCC(=O)N1CCN(c2ccnc(CC3=Nc4ccc(-c5ccnc(C)c5)cc4C3)c2)CC1. The minimum absolute atomic E-state index is 0.0543. The molecule has 4 heterocycles. The van der Waals surface area contributed by atoms with Crippen molar-refractivity contribution in [3.8, 4) is 11.1 Å². The van der Waals surface area contributed by atoms with Gasteiger partial charge in [-0.25, -0.2) is 0 Å². The van der Waals surface area contributed by atoms with E-state index >= 15 is 0 Å². The number of piperazine rings is 1. The summed E-state index contributed by atoms with van der Waals surface area (Å²) in [5, 5.41) is 0. The van der Waals surface area contributed by atoms with Gasteiger partial charge < -0.3 is 14.5 Å². The minimum atomic E-state index is 0.0543. The normalized spacial score (nSPS) is 15.3. The fourth-order valence-electron chi connectivity index (χ4n) is 4.67. The summed E-state index contributed by atoms with van der Waals surface area (Å²) < 4.78 is 4.98. The number of hydrogen-bond donors (Lipinski definition) is 0. The minimum Gasteiger partial charge on any atom is -0.375 e. The van der Waals surface area contributed by atoms with E-state index in [9.17, 15) is 4.79 Å². The van der Waals surface area contributed by atoms with Crippen LogP contribution in [0.4, 0.5) is 11.4 Å². The van der Waals surface area contributed by atoms with E-state index in [1.807, 2.05) is 36.4 Å². The van der Waals surface area contributed by atoms with Gasteiger partial charge in [0.15, 0.2) is 0 Å². The molecule has 1 fully saturated rings. The van der Waals surface area contributed by atoms with E-state index in [0.29, 0.717) is 13.1 Å². The maximum absolute atomic E-state index is 12.1. The van der Waals surface area contributed by atoms with E-state index < -0.39 is 0 Å². The topological polar surface area (TPSA) is 70.9 Å².